The second-order valence-electron chi connectivity index (χ2n) is 5.02. The molecule has 0 spiro atoms. The number of rotatable bonds is 5. The Balaban J connectivity index is 2.82. The lowest BCUT2D eigenvalue weighted by Gasteiger charge is -2.11. The quantitative estimate of drug-likeness (QED) is 0.659. The monoisotopic (exact) mass is 331 g/mol. The van der Waals surface area contributed by atoms with E-state index in [-0.39, 0.29) is 29.9 Å². The minimum Gasteiger partial charge on any atom is -0.348 e. The van der Waals surface area contributed by atoms with Crippen molar-refractivity contribution < 1.29 is 27.2 Å². The minimum atomic E-state index is -4.76. The van der Waals surface area contributed by atoms with Gasteiger partial charge in [-0.25, -0.2) is 4.39 Å². The van der Waals surface area contributed by atoms with Gasteiger partial charge in [-0.3, -0.25) is 9.59 Å². The number of nitrogens with one attached hydrogen (secondary N) is 1. The highest BCUT2D eigenvalue weighted by atomic mass is 19.4. The van der Waals surface area contributed by atoms with Crippen LogP contribution >= 0.6 is 0 Å². The van der Waals surface area contributed by atoms with Crippen LogP contribution in [-0.4, -0.2) is 11.7 Å². The number of ketones is 1. The summed E-state index contributed by atoms with van der Waals surface area (Å²) in [6, 6.07) is 2.45. The molecule has 23 heavy (non-hydrogen) atoms. The van der Waals surface area contributed by atoms with E-state index in [4.69, 9.17) is 0 Å². The normalized spacial score (nSPS) is 12.7. The lowest BCUT2D eigenvalue weighted by molar-refractivity contribution is -0.140. The van der Waals surface area contributed by atoms with Crippen molar-refractivity contribution in [2.24, 2.45) is 0 Å². The summed E-state index contributed by atoms with van der Waals surface area (Å²) in [4.78, 5) is 23.4. The standard InChI is InChI=1S/C16H17F4NO2/c1-4-14(22)9(2)10(3)15(23)21-8-11-5-6-12(13(17)7-11)16(18,19)20/h5-7H,4,8H2,1-3H3,(H,21,23)/b10-9-. The van der Waals surface area contributed by atoms with Crippen molar-refractivity contribution in [2.75, 3.05) is 0 Å². The number of hydrogen-bond acceptors (Lipinski definition) is 2. The molecular formula is C16H17F4NO2. The highest BCUT2D eigenvalue weighted by Crippen LogP contribution is 2.31. The molecule has 0 unspecified atom stereocenters. The predicted molar refractivity (Wildman–Crippen MR) is 76.9 cm³/mol. The molecule has 0 aliphatic heterocycles. The molecule has 1 amide bonds. The average Bonchev–Trinajstić information content (AvgIpc) is 2.48. The van der Waals surface area contributed by atoms with Crippen LogP contribution < -0.4 is 5.32 Å². The fourth-order valence-corrected chi connectivity index (χ4v) is 1.86. The van der Waals surface area contributed by atoms with Gasteiger partial charge in [0, 0.05) is 24.1 Å². The maximum absolute atomic E-state index is 13.4. The zero-order valence-electron chi connectivity index (χ0n) is 13.0. The molecule has 0 bridgehead atoms. The van der Waals surface area contributed by atoms with E-state index in [0.717, 1.165) is 12.1 Å². The molecule has 126 valence electrons. The van der Waals surface area contributed by atoms with Crippen molar-refractivity contribution >= 4 is 11.7 Å². The molecule has 0 heterocycles. The smallest absolute Gasteiger partial charge is 0.348 e. The summed E-state index contributed by atoms with van der Waals surface area (Å²) in [5.74, 6) is -2.09. The van der Waals surface area contributed by atoms with Crippen LogP contribution in [0.1, 0.15) is 38.3 Å². The first-order valence-electron chi connectivity index (χ1n) is 6.92. The van der Waals surface area contributed by atoms with Crippen LogP contribution in [0.5, 0.6) is 0 Å². The Bertz CT molecular complexity index is 648. The van der Waals surface area contributed by atoms with E-state index in [1.165, 1.54) is 13.8 Å². The summed E-state index contributed by atoms with van der Waals surface area (Å²) in [5, 5.41) is 2.45. The lowest BCUT2D eigenvalue weighted by atomic mass is 10.0. The van der Waals surface area contributed by atoms with Crippen molar-refractivity contribution in [3.8, 4) is 0 Å². The van der Waals surface area contributed by atoms with Gasteiger partial charge in [0.1, 0.15) is 5.82 Å². The number of allylic oxidation sites excluding steroid dienone is 1. The largest absolute Gasteiger partial charge is 0.419 e. The summed E-state index contributed by atoms with van der Waals surface area (Å²) < 4.78 is 50.8. The van der Waals surface area contributed by atoms with E-state index in [0.29, 0.717) is 11.6 Å². The Morgan fingerprint density at radius 2 is 1.74 bits per heavy atom. The Hall–Kier alpha value is -2.18. The molecule has 1 rings (SSSR count). The van der Waals surface area contributed by atoms with E-state index >= 15 is 0 Å². The number of benzene rings is 1. The maximum atomic E-state index is 13.4. The van der Waals surface area contributed by atoms with Crippen molar-refractivity contribution in [3.05, 3.63) is 46.3 Å². The fourth-order valence-electron chi connectivity index (χ4n) is 1.86. The molecule has 0 radical (unpaired) electrons. The number of hydrogen-bond donors (Lipinski definition) is 1. The first-order chi connectivity index (χ1) is 10.6. The van der Waals surface area contributed by atoms with Gasteiger partial charge >= 0.3 is 6.18 Å². The molecule has 0 saturated heterocycles. The van der Waals surface area contributed by atoms with Crippen LogP contribution in [0, 0.1) is 5.82 Å². The van der Waals surface area contributed by atoms with Crippen molar-refractivity contribution in [1.29, 1.82) is 0 Å². The van der Waals surface area contributed by atoms with Crippen molar-refractivity contribution in [3.63, 3.8) is 0 Å². The first kappa shape index (κ1) is 18.9. The number of carbonyl (C=O) groups excluding carboxylic acids is 2. The highest BCUT2D eigenvalue weighted by molar-refractivity contribution is 6.04. The van der Waals surface area contributed by atoms with Gasteiger partial charge in [-0.1, -0.05) is 13.0 Å². The van der Waals surface area contributed by atoms with Crippen LogP contribution in [0.25, 0.3) is 0 Å². The van der Waals surface area contributed by atoms with Crippen molar-refractivity contribution in [2.45, 2.75) is 39.9 Å². The zero-order chi connectivity index (χ0) is 17.8. The Labute approximate surface area is 131 Å². The number of alkyl halides is 3. The van der Waals surface area contributed by atoms with Gasteiger partial charge in [0.15, 0.2) is 5.78 Å². The predicted octanol–water partition coefficient (Wildman–Crippen LogP) is 3.78. The summed E-state index contributed by atoms with van der Waals surface area (Å²) in [5.41, 5.74) is -0.614. The van der Waals surface area contributed by atoms with E-state index in [1.54, 1.807) is 6.92 Å². The molecule has 1 aromatic rings. The maximum Gasteiger partial charge on any atom is 0.419 e. The minimum absolute atomic E-state index is 0.140. The van der Waals surface area contributed by atoms with Gasteiger partial charge < -0.3 is 5.32 Å². The van der Waals surface area contributed by atoms with Crippen LogP contribution in [0.4, 0.5) is 17.6 Å². The average molecular weight is 331 g/mol. The second kappa shape index (κ2) is 7.39. The van der Waals surface area contributed by atoms with Crippen LogP contribution in [0.15, 0.2) is 29.3 Å². The van der Waals surface area contributed by atoms with Crippen LogP contribution in [0.3, 0.4) is 0 Å². The first-order valence-corrected chi connectivity index (χ1v) is 6.92. The third-order valence-corrected chi connectivity index (χ3v) is 3.43. The summed E-state index contributed by atoms with van der Waals surface area (Å²) in [6.07, 6.45) is -4.50. The highest BCUT2D eigenvalue weighted by Gasteiger charge is 2.33. The molecule has 1 aromatic carbocycles. The van der Waals surface area contributed by atoms with Gasteiger partial charge in [0.25, 0.3) is 0 Å². The fraction of sp³-hybridized carbons (Fsp3) is 0.375. The van der Waals surface area contributed by atoms with Crippen molar-refractivity contribution in [1.82, 2.24) is 5.32 Å². The van der Waals surface area contributed by atoms with Crippen LogP contribution in [0.2, 0.25) is 0 Å². The number of amides is 1. The third-order valence-electron chi connectivity index (χ3n) is 3.43. The van der Waals surface area contributed by atoms with E-state index in [1.807, 2.05) is 0 Å². The second-order valence-corrected chi connectivity index (χ2v) is 5.02. The molecular weight excluding hydrogens is 314 g/mol. The Morgan fingerprint density at radius 1 is 1.13 bits per heavy atom. The zero-order valence-corrected chi connectivity index (χ0v) is 13.0. The molecule has 0 aliphatic carbocycles. The van der Waals surface area contributed by atoms with E-state index in [9.17, 15) is 27.2 Å². The van der Waals surface area contributed by atoms with Gasteiger partial charge in [0.2, 0.25) is 5.91 Å². The molecule has 0 aromatic heterocycles. The number of carbonyl (C=O) groups is 2. The van der Waals surface area contributed by atoms with Gasteiger partial charge in [-0.2, -0.15) is 13.2 Å². The van der Waals surface area contributed by atoms with E-state index < -0.39 is 23.5 Å². The summed E-state index contributed by atoms with van der Waals surface area (Å²) in [6.45, 7) is 4.53. The van der Waals surface area contributed by atoms with E-state index in [2.05, 4.69) is 5.32 Å². The molecule has 0 saturated carbocycles. The van der Waals surface area contributed by atoms with Gasteiger partial charge in [0.05, 0.1) is 5.56 Å². The molecule has 0 aliphatic rings. The Morgan fingerprint density at radius 3 is 2.22 bits per heavy atom. The third kappa shape index (κ3) is 4.91. The molecule has 0 fully saturated rings. The molecule has 3 nitrogen and oxygen atoms in total. The molecule has 1 N–H and O–H groups in total. The van der Waals surface area contributed by atoms with Crippen LogP contribution in [-0.2, 0) is 22.3 Å². The number of Topliss-reactive ketones (excluding diaryl/α,β-unsaturated/α-hetero) is 1. The number of halogens is 4. The summed E-state index contributed by atoms with van der Waals surface area (Å²) >= 11 is 0. The van der Waals surface area contributed by atoms with Gasteiger partial charge in [-0.05, 0) is 31.5 Å². The van der Waals surface area contributed by atoms with Gasteiger partial charge in [-0.15, -0.1) is 0 Å². The Kier molecular flexibility index (Phi) is 6.06. The molecule has 7 heteroatoms. The topological polar surface area (TPSA) is 46.2 Å². The SMILES string of the molecule is CCC(=O)/C(C)=C(/C)C(=O)NCc1ccc(C(F)(F)F)c(F)c1. The lowest BCUT2D eigenvalue weighted by Crippen LogP contribution is -2.25. The molecule has 0 atom stereocenters. The summed E-state index contributed by atoms with van der Waals surface area (Å²) in [7, 11) is 0.